The molecule has 2 heteroatoms. The second-order valence-corrected chi connectivity index (χ2v) is 4.01. The summed E-state index contributed by atoms with van der Waals surface area (Å²) in [7, 11) is 0. The van der Waals surface area contributed by atoms with Gasteiger partial charge in [-0.25, -0.2) is 0 Å². The summed E-state index contributed by atoms with van der Waals surface area (Å²) in [5.74, 6) is -0.452. The van der Waals surface area contributed by atoms with Gasteiger partial charge in [0.05, 0.1) is 0 Å². The van der Waals surface area contributed by atoms with Crippen molar-refractivity contribution in [1.29, 1.82) is 0 Å². The van der Waals surface area contributed by atoms with Gasteiger partial charge in [0.1, 0.15) is 0 Å². The van der Waals surface area contributed by atoms with Crippen LogP contribution in [-0.2, 0) is 4.79 Å². The van der Waals surface area contributed by atoms with Gasteiger partial charge in [-0.05, 0) is 38.0 Å². The van der Waals surface area contributed by atoms with Crippen LogP contribution in [0.4, 0.5) is 0 Å². The van der Waals surface area contributed by atoms with Gasteiger partial charge >= 0.3 is 0 Å². The van der Waals surface area contributed by atoms with Gasteiger partial charge in [0.25, 0.3) is 0 Å². The molecule has 0 saturated heterocycles. The smallest absolute Gasteiger partial charge is 0.0414 e. The van der Waals surface area contributed by atoms with E-state index in [9.17, 15) is 9.90 Å². The summed E-state index contributed by atoms with van der Waals surface area (Å²) in [5, 5.41) is 10.2. The number of hydrogen-bond donors (Lipinski definition) is 0. The molecule has 0 aliphatic heterocycles. The minimum Gasteiger partial charge on any atom is -0.550 e. The molecule has 0 fully saturated rings. The molecule has 0 N–H and O–H groups in total. The Labute approximate surface area is 87.0 Å². The highest BCUT2D eigenvalue weighted by molar-refractivity contribution is 5.64. The van der Waals surface area contributed by atoms with E-state index in [1.807, 2.05) is 0 Å². The Morgan fingerprint density at radius 1 is 1.36 bits per heavy atom. The number of carbonyl (C=O) groups excluding carboxylic acids is 1. The second-order valence-electron chi connectivity index (χ2n) is 4.01. The fraction of sp³-hybridized carbons (Fsp3) is 0.750. The fourth-order valence-corrected chi connectivity index (χ4v) is 1.39. The number of aliphatic carboxylic acids is 1. The zero-order chi connectivity index (χ0) is 11.0. The van der Waals surface area contributed by atoms with Gasteiger partial charge in [-0.2, -0.15) is 0 Å². The molecular weight excluding hydrogens is 176 g/mol. The number of carboxylic acid groups (broad SMARTS) is 1. The third-order valence-electron chi connectivity index (χ3n) is 2.57. The summed E-state index contributed by atoms with van der Waals surface area (Å²) in [6.07, 6.45) is 5.27. The molecule has 0 bridgehead atoms. The largest absolute Gasteiger partial charge is 0.550 e. The normalized spacial score (nSPS) is 12.4. The Bertz CT molecular complexity index is 185. The van der Waals surface area contributed by atoms with Gasteiger partial charge in [-0.3, -0.25) is 0 Å². The molecule has 0 rings (SSSR count). The fourth-order valence-electron chi connectivity index (χ4n) is 1.39. The summed E-state index contributed by atoms with van der Waals surface area (Å²) in [6, 6.07) is 0. The zero-order valence-corrected chi connectivity index (χ0v) is 9.34. The number of hydrogen-bond acceptors (Lipinski definition) is 2. The van der Waals surface area contributed by atoms with Gasteiger partial charge in [-0.15, -0.1) is 0 Å². The number of carbonyl (C=O) groups is 1. The van der Waals surface area contributed by atoms with E-state index in [1.54, 1.807) is 0 Å². The molecule has 0 aliphatic carbocycles. The maximum Gasteiger partial charge on any atom is 0.0414 e. The van der Waals surface area contributed by atoms with Crippen molar-refractivity contribution in [2.75, 3.05) is 0 Å². The maximum atomic E-state index is 10.2. The number of carboxylic acids is 1. The van der Waals surface area contributed by atoms with Crippen LogP contribution in [0.5, 0.6) is 0 Å². The molecule has 0 aromatic carbocycles. The first-order chi connectivity index (χ1) is 6.56. The highest BCUT2D eigenvalue weighted by Crippen LogP contribution is 2.16. The highest BCUT2D eigenvalue weighted by atomic mass is 16.4. The quantitative estimate of drug-likeness (QED) is 0.560. The van der Waals surface area contributed by atoms with Crippen molar-refractivity contribution < 1.29 is 9.90 Å². The average molecular weight is 197 g/mol. The van der Waals surface area contributed by atoms with Crippen molar-refractivity contribution in [1.82, 2.24) is 0 Å². The summed E-state index contributed by atoms with van der Waals surface area (Å²) >= 11 is 0. The minimum atomic E-state index is -0.935. The molecule has 0 amide bonds. The van der Waals surface area contributed by atoms with Crippen LogP contribution < -0.4 is 5.11 Å². The van der Waals surface area contributed by atoms with Crippen LogP contribution in [0.25, 0.3) is 0 Å². The first-order valence-electron chi connectivity index (χ1n) is 5.42. The Hall–Kier alpha value is -0.790. The molecule has 0 aromatic rings. The van der Waals surface area contributed by atoms with E-state index < -0.39 is 5.97 Å². The van der Waals surface area contributed by atoms with E-state index in [0.29, 0.717) is 5.92 Å². The molecule has 2 nitrogen and oxygen atoms in total. The Morgan fingerprint density at radius 3 is 2.50 bits per heavy atom. The SMILES string of the molecule is C=C(CC)CCCC(C)CCC(=O)[O-]. The highest BCUT2D eigenvalue weighted by Gasteiger charge is 2.02. The average Bonchev–Trinajstić information content (AvgIpc) is 2.14. The lowest BCUT2D eigenvalue weighted by Crippen LogP contribution is -2.22. The number of rotatable bonds is 8. The van der Waals surface area contributed by atoms with Crippen molar-refractivity contribution in [2.45, 2.75) is 52.4 Å². The van der Waals surface area contributed by atoms with E-state index in [2.05, 4.69) is 20.4 Å². The monoisotopic (exact) mass is 197 g/mol. The summed E-state index contributed by atoms with van der Waals surface area (Å²) in [4.78, 5) is 10.2. The summed E-state index contributed by atoms with van der Waals surface area (Å²) in [5.41, 5.74) is 1.29. The third-order valence-corrected chi connectivity index (χ3v) is 2.57. The molecule has 0 aliphatic rings. The second kappa shape index (κ2) is 7.60. The Morgan fingerprint density at radius 2 is 2.00 bits per heavy atom. The van der Waals surface area contributed by atoms with Gasteiger partial charge in [0.2, 0.25) is 0 Å². The molecule has 82 valence electrons. The summed E-state index contributed by atoms with van der Waals surface area (Å²) < 4.78 is 0. The maximum absolute atomic E-state index is 10.2. The van der Waals surface area contributed by atoms with E-state index in [1.165, 1.54) is 5.57 Å². The molecule has 0 heterocycles. The van der Waals surface area contributed by atoms with E-state index in [0.717, 1.165) is 32.1 Å². The first kappa shape index (κ1) is 13.2. The van der Waals surface area contributed by atoms with Crippen LogP contribution in [-0.4, -0.2) is 5.97 Å². The van der Waals surface area contributed by atoms with Crippen LogP contribution in [0.1, 0.15) is 52.4 Å². The minimum absolute atomic E-state index is 0.190. The lowest BCUT2D eigenvalue weighted by atomic mass is 9.97. The van der Waals surface area contributed by atoms with Crippen LogP contribution in [0, 0.1) is 5.92 Å². The van der Waals surface area contributed by atoms with Gasteiger partial charge in [0, 0.05) is 5.97 Å². The van der Waals surface area contributed by atoms with Crippen molar-refractivity contribution >= 4 is 5.97 Å². The van der Waals surface area contributed by atoms with Crippen LogP contribution in [0.2, 0.25) is 0 Å². The van der Waals surface area contributed by atoms with Crippen molar-refractivity contribution in [3.05, 3.63) is 12.2 Å². The van der Waals surface area contributed by atoms with Crippen LogP contribution in [0.3, 0.4) is 0 Å². The zero-order valence-electron chi connectivity index (χ0n) is 9.34. The molecular formula is C12H21O2-. The molecule has 0 saturated carbocycles. The molecule has 0 aromatic heterocycles. The van der Waals surface area contributed by atoms with Crippen LogP contribution in [0.15, 0.2) is 12.2 Å². The Balaban J connectivity index is 3.39. The van der Waals surface area contributed by atoms with Gasteiger partial charge in [-0.1, -0.05) is 32.4 Å². The lowest BCUT2D eigenvalue weighted by Gasteiger charge is -2.11. The molecule has 0 radical (unpaired) electrons. The van der Waals surface area contributed by atoms with Crippen LogP contribution >= 0.6 is 0 Å². The molecule has 1 unspecified atom stereocenters. The summed E-state index contributed by atoms with van der Waals surface area (Å²) in [6.45, 7) is 8.15. The third kappa shape index (κ3) is 7.84. The molecule has 1 atom stereocenters. The van der Waals surface area contributed by atoms with Gasteiger partial charge < -0.3 is 9.90 Å². The first-order valence-corrected chi connectivity index (χ1v) is 5.42. The Kier molecular flexibility index (Phi) is 7.17. The lowest BCUT2D eigenvalue weighted by molar-refractivity contribution is -0.306. The topological polar surface area (TPSA) is 40.1 Å². The van der Waals surface area contributed by atoms with Gasteiger partial charge in [0.15, 0.2) is 0 Å². The number of allylic oxidation sites excluding steroid dienone is 1. The van der Waals surface area contributed by atoms with E-state index >= 15 is 0 Å². The van der Waals surface area contributed by atoms with E-state index in [4.69, 9.17) is 0 Å². The van der Waals surface area contributed by atoms with E-state index in [-0.39, 0.29) is 6.42 Å². The predicted octanol–water partition coefficient (Wildman–Crippen LogP) is 2.29. The standard InChI is InChI=1S/C12H22O2/c1-4-10(2)6-5-7-11(3)8-9-12(13)14/h11H,2,4-9H2,1,3H3,(H,13,14)/p-1. The predicted molar refractivity (Wildman–Crippen MR) is 56.7 cm³/mol. The molecule has 0 spiro atoms. The molecule has 14 heavy (non-hydrogen) atoms. The van der Waals surface area contributed by atoms with Crippen molar-refractivity contribution in [2.24, 2.45) is 5.92 Å². The van der Waals surface area contributed by atoms with Crippen molar-refractivity contribution in [3.8, 4) is 0 Å². The van der Waals surface area contributed by atoms with Crippen molar-refractivity contribution in [3.63, 3.8) is 0 Å².